The van der Waals surface area contributed by atoms with Crippen molar-refractivity contribution in [2.75, 3.05) is 19.6 Å². The molecule has 4 heteroatoms. The van der Waals surface area contributed by atoms with Crippen molar-refractivity contribution in [3.05, 3.63) is 48.2 Å². The second-order valence-electron chi connectivity index (χ2n) is 5.40. The van der Waals surface area contributed by atoms with Crippen molar-refractivity contribution >= 4 is 22.9 Å². The van der Waals surface area contributed by atoms with Crippen LogP contribution in [0.15, 0.2) is 42.6 Å². The Kier molecular flexibility index (Phi) is 3.97. The Balaban J connectivity index is 1.80. The van der Waals surface area contributed by atoms with E-state index in [1.165, 1.54) is 0 Å². The fraction of sp³-hybridized carbons (Fsp3) is 0.294. The number of nitrogens with one attached hydrogen (secondary N) is 1. The van der Waals surface area contributed by atoms with Crippen LogP contribution in [-0.4, -0.2) is 41.5 Å². The highest BCUT2D eigenvalue weighted by Gasteiger charge is 2.18. The molecule has 1 atom stereocenters. The van der Waals surface area contributed by atoms with E-state index in [0.717, 1.165) is 36.1 Å². The van der Waals surface area contributed by atoms with E-state index in [2.05, 4.69) is 17.2 Å². The van der Waals surface area contributed by atoms with Crippen molar-refractivity contribution in [3.8, 4) is 0 Å². The summed E-state index contributed by atoms with van der Waals surface area (Å²) in [6.07, 6.45) is 5.30. The van der Waals surface area contributed by atoms with E-state index in [4.69, 9.17) is 0 Å². The molecule has 1 fully saturated rings. The van der Waals surface area contributed by atoms with E-state index in [-0.39, 0.29) is 5.91 Å². The number of carbonyl (C=O) groups excluding carboxylic acids is 1. The van der Waals surface area contributed by atoms with Crippen LogP contribution in [0.2, 0.25) is 0 Å². The molecule has 0 aliphatic carbocycles. The van der Waals surface area contributed by atoms with Crippen LogP contribution in [0.25, 0.3) is 17.0 Å². The van der Waals surface area contributed by atoms with Crippen LogP contribution in [0, 0.1) is 0 Å². The number of amides is 1. The van der Waals surface area contributed by atoms with Crippen molar-refractivity contribution in [1.82, 2.24) is 15.2 Å². The fourth-order valence-electron chi connectivity index (χ4n) is 2.66. The molecule has 0 spiro atoms. The van der Waals surface area contributed by atoms with Gasteiger partial charge in [-0.25, -0.2) is 0 Å². The molecule has 0 bridgehead atoms. The van der Waals surface area contributed by atoms with Crippen molar-refractivity contribution in [2.24, 2.45) is 0 Å². The molecule has 3 rings (SSSR count). The molecule has 4 nitrogen and oxygen atoms in total. The number of pyridine rings is 1. The van der Waals surface area contributed by atoms with Crippen molar-refractivity contribution in [2.45, 2.75) is 13.0 Å². The van der Waals surface area contributed by atoms with Gasteiger partial charge in [-0.15, -0.1) is 0 Å². The molecule has 1 amide bonds. The standard InChI is InChI=1S/C17H19N3O/c1-13-12-20(11-10-18-13)16(21)8-7-15-5-2-4-14-6-3-9-19-17(14)15/h2-9,13,18H,10-12H2,1H3/b8-7+. The van der Waals surface area contributed by atoms with Crippen LogP contribution in [0.3, 0.4) is 0 Å². The Labute approximate surface area is 124 Å². The molecule has 1 N–H and O–H groups in total. The summed E-state index contributed by atoms with van der Waals surface area (Å²) in [5.74, 6) is 0.0660. The molecule has 108 valence electrons. The molecule has 0 radical (unpaired) electrons. The van der Waals surface area contributed by atoms with Gasteiger partial charge in [-0.1, -0.05) is 24.3 Å². The van der Waals surface area contributed by atoms with Gasteiger partial charge in [0.1, 0.15) is 0 Å². The number of fused-ring (bicyclic) bond motifs is 1. The lowest BCUT2D eigenvalue weighted by Gasteiger charge is -2.31. The second-order valence-corrected chi connectivity index (χ2v) is 5.40. The Morgan fingerprint density at radius 1 is 1.38 bits per heavy atom. The van der Waals surface area contributed by atoms with Gasteiger partial charge in [0, 0.05) is 48.9 Å². The third-order valence-electron chi connectivity index (χ3n) is 3.75. The maximum absolute atomic E-state index is 12.2. The largest absolute Gasteiger partial charge is 0.336 e. The molecule has 21 heavy (non-hydrogen) atoms. The first-order valence-electron chi connectivity index (χ1n) is 7.28. The first-order chi connectivity index (χ1) is 10.2. The summed E-state index contributed by atoms with van der Waals surface area (Å²) in [6, 6.07) is 10.3. The second kappa shape index (κ2) is 6.06. The van der Waals surface area contributed by atoms with Gasteiger partial charge < -0.3 is 10.2 Å². The zero-order valence-electron chi connectivity index (χ0n) is 12.1. The van der Waals surface area contributed by atoms with Crippen LogP contribution in [0.4, 0.5) is 0 Å². The first kappa shape index (κ1) is 13.8. The molecular weight excluding hydrogens is 262 g/mol. The van der Waals surface area contributed by atoms with Gasteiger partial charge in [0.2, 0.25) is 5.91 Å². The van der Waals surface area contributed by atoms with Gasteiger partial charge >= 0.3 is 0 Å². The molecule has 1 unspecified atom stereocenters. The maximum atomic E-state index is 12.2. The van der Waals surface area contributed by atoms with Gasteiger partial charge in [0.05, 0.1) is 5.52 Å². The van der Waals surface area contributed by atoms with Crippen molar-refractivity contribution < 1.29 is 4.79 Å². The summed E-state index contributed by atoms with van der Waals surface area (Å²) in [6.45, 7) is 4.48. The number of benzene rings is 1. The van der Waals surface area contributed by atoms with Crippen molar-refractivity contribution in [3.63, 3.8) is 0 Å². The highest BCUT2D eigenvalue weighted by Crippen LogP contribution is 2.17. The molecule has 1 aliphatic heterocycles. The smallest absolute Gasteiger partial charge is 0.246 e. The number of aromatic nitrogens is 1. The van der Waals surface area contributed by atoms with E-state index in [1.54, 1.807) is 12.3 Å². The molecule has 1 aliphatic rings. The number of hydrogen-bond donors (Lipinski definition) is 1. The molecule has 1 aromatic heterocycles. The summed E-state index contributed by atoms with van der Waals surface area (Å²) in [5, 5.41) is 4.42. The summed E-state index contributed by atoms with van der Waals surface area (Å²) in [7, 11) is 0. The molecule has 2 aromatic rings. The minimum absolute atomic E-state index is 0.0660. The number of nitrogens with zero attached hydrogens (tertiary/aromatic N) is 2. The van der Waals surface area contributed by atoms with Gasteiger partial charge in [0.15, 0.2) is 0 Å². The van der Waals surface area contributed by atoms with Gasteiger partial charge in [-0.05, 0) is 19.1 Å². The van der Waals surface area contributed by atoms with Crippen LogP contribution in [0.5, 0.6) is 0 Å². The van der Waals surface area contributed by atoms with E-state index in [0.29, 0.717) is 6.04 Å². The first-order valence-corrected chi connectivity index (χ1v) is 7.28. The summed E-state index contributed by atoms with van der Waals surface area (Å²) in [5.41, 5.74) is 1.90. The SMILES string of the molecule is CC1CN(C(=O)/C=C/c2cccc3cccnc23)CCN1. The molecule has 0 saturated carbocycles. The predicted molar refractivity (Wildman–Crippen MR) is 84.8 cm³/mol. The monoisotopic (exact) mass is 281 g/mol. The van der Waals surface area contributed by atoms with Crippen LogP contribution in [0.1, 0.15) is 12.5 Å². The van der Waals surface area contributed by atoms with Crippen LogP contribution in [-0.2, 0) is 4.79 Å². The third-order valence-corrected chi connectivity index (χ3v) is 3.75. The highest BCUT2D eigenvalue weighted by atomic mass is 16.2. The highest BCUT2D eigenvalue weighted by molar-refractivity contribution is 5.95. The number of piperazine rings is 1. The van der Waals surface area contributed by atoms with E-state index in [9.17, 15) is 4.79 Å². The molecule has 1 saturated heterocycles. The van der Waals surface area contributed by atoms with E-state index < -0.39 is 0 Å². The lowest BCUT2D eigenvalue weighted by atomic mass is 10.1. The Bertz CT molecular complexity index is 675. The summed E-state index contributed by atoms with van der Waals surface area (Å²) in [4.78, 5) is 18.5. The molecule has 2 heterocycles. The minimum atomic E-state index is 0.0660. The number of para-hydroxylation sites is 1. The average molecular weight is 281 g/mol. The van der Waals surface area contributed by atoms with Gasteiger partial charge in [0.25, 0.3) is 0 Å². The van der Waals surface area contributed by atoms with Gasteiger partial charge in [-0.3, -0.25) is 9.78 Å². The Morgan fingerprint density at radius 2 is 2.24 bits per heavy atom. The topological polar surface area (TPSA) is 45.2 Å². The normalized spacial score (nSPS) is 19.3. The molecule has 1 aromatic carbocycles. The van der Waals surface area contributed by atoms with Crippen molar-refractivity contribution in [1.29, 1.82) is 0 Å². The zero-order valence-corrected chi connectivity index (χ0v) is 12.1. The fourth-order valence-corrected chi connectivity index (χ4v) is 2.66. The molecular formula is C17H19N3O. The lowest BCUT2D eigenvalue weighted by Crippen LogP contribution is -2.50. The Morgan fingerprint density at radius 3 is 3.10 bits per heavy atom. The van der Waals surface area contributed by atoms with E-state index in [1.807, 2.05) is 41.3 Å². The summed E-state index contributed by atoms with van der Waals surface area (Å²) >= 11 is 0. The average Bonchev–Trinajstić information content (AvgIpc) is 2.52. The van der Waals surface area contributed by atoms with Crippen LogP contribution < -0.4 is 5.32 Å². The predicted octanol–water partition coefficient (Wildman–Crippen LogP) is 2.07. The quantitative estimate of drug-likeness (QED) is 0.857. The Hall–Kier alpha value is -2.20. The summed E-state index contributed by atoms with van der Waals surface area (Å²) < 4.78 is 0. The number of hydrogen-bond acceptors (Lipinski definition) is 3. The number of carbonyl (C=O) groups is 1. The van der Waals surface area contributed by atoms with Crippen LogP contribution >= 0.6 is 0 Å². The van der Waals surface area contributed by atoms with E-state index >= 15 is 0 Å². The number of rotatable bonds is 2. The zero-order chi connectivity index (χ0) is 14.7. The minimum Gasteiger partial charge on any atom is -0.336 e. The lowest BCUT2D eigenvalue weighted by molar-refractivity contribution is -0.127. The maximum Gasteiger partial charge on any atom is 0.246 e. The van der Waals surface area contributed by atoms with Gasteiger partial charge in [-0.2, -0.15) is 0 Å². The third kappa shape index (κ3) is 3.11.